The van der Waals surface area contributed by atoms with Gasteiger partial charge < -0.3 is 19.5 Å². The van der Waals surface area contributed by atoms with Crippen LogP contribution in [0.25, 0.3) is 5.69 Å². The molecule has 2 aromatic carbocycles. The van der Waals surface area contributed by atoms with Crippen molar-refractivity contribution < 1.29 is 4.74 Å². The van der Waals surface area contributed by atoms with Crippen molar-refractivity contribution in [2.45, 2.75) is 52.8 Å². The molecule has 0 spiro atoms. The van der Waals surface area contributed by atoms with E-state index in [1.807, 2.05) is 44.3 Å². The highest BCUT2D eigenvalue weighted by Gasteiger charge is 2.42. The zero-order valence-corrected chi connectivity index (χ0v) is 22.2. The molecule has 184 valence electrons. The van der Waals surface area contributed by atoms with Gasteiger partial charge in [0.1, 0.15) is 5.75 Å². The van der Waals surface area contributed by atoms with Crippen LogP contribution in [0.5, 0.6) is 5.75 Å². The maximum absolute atomic E-state index is 5.93. The maximum Gasteiger partial charge on any atom is 0.174 e. The number of anilines is 1. The molecule has 5 rings (SSSR count). The molecule has 1 aliphatic heterocycles. The Morgan fingerprint density at radius 2 is 1.67 bits per heavy atom. The van der Waals surface area contributed by atoms with Crippen LogP contribution in [0.4, 0.5) is 5.69 Å². The maximum atomic E-state index is 5.93. The lowest BCUT2D eigenvalue weighted by atomic mass is 9.96. The summed E-state index contributed by atoms with van der Waals surface area (Å²) in [5, 5.41) is 4.26. The fourth-order valence-electron chi connectivity index (χ4n) is 5.18. The summed E-state index contributed by atoms with van der Waals surface area (Å²) < 4.78 is 8.23. The molecule has 2 aromatic heterocycles. The number of aromatic nitrogens is 2. The Morgan fingerprint density at radius 1 is 0.944 bits per heavy atom. The van der Waals surface area contributed by atoms with E-state index < -0.39 is 0 Å². The molecule has 6 heteroatoms. The first-order valence-corrected chi connectivity index (χ1v) is 12.8. The molecule has 0 saturated carbocycles. The van der Waals surface area contributed by atoms with Crippen LogP contribution in [-0.4, -0.2) is 20.8 Å². The predicted molar refractivity (Wildman–Crippen MR) is 150 cm³/mol. The van der Waals surface area contributed by atoms with Gasteiger partial charge in [-0.2, -0.15) is 0 Å². The number of hydrogen-bond acceptors (Lipinski definition) is 3. The SMILES string of the molecule is Cc1ccccc1-n1c(C)cc(C2C(c3ccccn3)NC(=S)N2c2ccc(OC(C)C)cc2)c1C. The molecule has 3 heterocycles. The first-order valence-electron chi connectivity index (χ1n) is 12.4. The third-order valence-electron chi connectivity index (χ3n) is 6.73. The molecule has 1 fully saturated rings. The summed E-state index contributed by atoms with van der Waals surface area (Å²) in [6.07, 6.45) is 1.97. The summed E-state index contributed by atoms with van der Waals surface area (Å²) in [5.41, 5.74) is 8.04. The van der Waals surface area contributed by atoms with Gasteiger partial charge in [0.15, 0.2) is 5.11 Å². The summed E-state index contributed by atoms with van der Waals surface area (Å²) in [5.74, 6) is 0.849. The molecule has 0 bridgehead atoms. The number of hydrogen-bond donors (Lipinski definition) is 1. The number of aryl methyl sites for hydroxylation is 2. The third kappa shape index (κ3) is 4.37. The molecule has 4 aromatic rings. The fraction of sp³-hybridized carbons (Fsp3) is 0.267. The second kappa shape index (κ2) is 9.78. The van der Waals surface area contributed by atoms with E-state index in [1.165, 1.54) is 28.2 Å². The van der Waals surface area contributed by atoms with Crippen molar-refractivity contribution in [3.63, 3.8) is 0 Å². The second-order valence-electron chi connectivity index (χ2n) is 9.61. The lowest BCUT2D eigenvalue weighted by Crippen LogP contribution is -2.29. The van der Waals surface area contributed by atoms with E-state index in [9.17, 15) is 0 Å². The van der Waals surface area contributed by atoms with Crippen LogP contribution < -0.4 is 15.0 Å². The number of nitrogens with one attached hydrogen (secondary N) is 1. The van der Waals surface area contributed by atoms with Crippen molar-refractivity contribution in [1.29, 1.82) is 0 Å². The number of ether oxygens (including phenoxy) is 1. The Kier molecular flexibility index (Phi) is 6.54. The van der Waals surface area contributed by atoms with E-state index in [2.05, 4.69) is 84.1 Å². The Morgan fingerprint density at radius 3 is 2.33 bits per heavy atom. The van der Waals surface area contributed by atoms with Crippen LogP contribution in [-0.2, 0) is 0 Å². The van der Waals surface area contributed by atoms with Gasteiger partial charge in [-0.3, -0.25) is 4.98 Å². The molecule has 0 aliphatic carbocycles. The minimum Gasteiger partial charge on any atom is -0.491 e. The molecular formula is C30H32N4OS. The Hall–Kier alpha value is -3.64. The molecular weight excluding hydrogens is 464 g/mol. The van der Waals surface area contributed by atoms with Crippen molar-refractivity contribution in [2.24, 2.45) is 0 Å². The zero-order chi connectivity index (χ0) is 25.4. The number of benzene rings is 2. The van der Waals surface area contributed by atoms with Crippen molar-refractivity contribution in [3.8, 4) is 11.4 Å². The zero-order valence-electron chi connectivity index (χ0n) is 21.4. The molecule has 2 unspecified atom stereocenters. The number of rotatable bonds is 6. The van der Waals surface area contributed by atoms with E-state index in [1.54, 1.807) is 0 Å². The van der Waals surface area contributed by atoms with Gasteiger partial charge in [0.2, 0.25) is 0 Å². The normalized spacial score (nSPS) is 17.5. The molecule has 0 radical (unpaired) electrons. The smallest absolute Gasteiger partial charge is 0.174 e. The lowest BCUT2D eigenvalue weighted by Gasteiger charge is -2.28. The van der Waals surface area contributed by atoms with Crippen LogP contribution in [0, 0.1) is 20.8 Å². The summed E-state index contributed by atoms with van der Waals surface area (Å²) in [7, 11) is 0. The van der Waals surface area contributed by atoms with E-state index >= 15 is 0 Å². The van der Waals surface area contributed by atoms with Gasteiger partial charge in [-0.25, -0.2) is 0 Å². The highest BCUT2D eigenvalue weighted by atomic mass is 32.1. The number of para-hydroxylation sites is 1. The van der Waals surface area contributed by atoms with Crippen LogP contribution in [0.2, 0.25) is 0 Å². The number of thiocarbonyl (C=S) groups is 1. The monoisotopic (exact) mass is 496 g/mol. The van der Waals surface area contributed by atoms with Gasteiger partial charge in [0, 0.05) is 29.0 Å². The van der Waals surface area contributed by atoms with Crippen LogP contribution in [0.15, 0.2) is 79.0 Å². The molecule has 1 N–H and O–H groups in total. The van der Waals surface area contributed by atoms with Crippen molar-refractivity contribution in [3.05, 3.63) is 107 Å². The first kappa shape index (κ1) is 24.1. The standard InChI is InChI=1S/C30H32N4OS/c1-19(2)35-24-15-13-23(14-16-24)34-29(28(32-30(34)36)26-11-8-9-17-31-26)25-18-21(4)33(22(25)5)27-12-7-6-10-20(27)3/h6-19,28-29H,1-5H3,(H,32,36). The predicted octanol–water partition coefficient (Wildman–Crippen LogP) is 6.76. The highest BCUT2D eigenvalue weighted by molar-refractivity contribution is 7.80. The van der Waals surface area contributed by atoms with E-state index in [4.69, 9.17) is 21.9 Å². The van der Waals surface area contributed by atoms with Gasteiger partial charge in [0.25, 0.3) is 0 Å². The van der Waals surface area contributed by atoms with Crippen molar-refractivity contribution in [2.75, 3.05) is 4.90 Å². The summed E-state index contributed by atoms with van der Waals surface area (Å²) in [6.45, 7) is 10.6. The highest BCUT2D eigenvalue weighted by Crippen LogP contribution is 2.44. The second-order valence-corrected chi connectivity index (χ2v) is 9.99. The van der Waals surface area contributed by atoms with Crippen LogP contribution in [0.1, 0.15) is 54.1 Å². The Balaban J connectivity index is 1.64. The fourth-order valence-corrected chi connectivity index (χ4v) is 5.52. The van der Waals surface area contributed by atoms with Crippen molar-refractivity contribution >= 4 is 23.0 Å². The summed E-state index contributed by atoms with van der Waals surface area (Å²) in [6, 6.07) is 24.9. The Labute approximate surface area is 218 Å². The lowest BCUT2D eigenvalue weighted by molar-refractivity contribution is 0.242. The van der Waals surface area contributed by atoms with Gasteiger partial charge in [-0.1, -0.05) is 24.3 Å². The number of pyridine rings is 1. The molecule has 2 atom stereocenters. The molecule has 36 heavy (non-hydrogen) atoms. The Bertz CT molecular complexity index is 1380. The molecule has 5 nitrogen and oxygen atoms in total. The van der Waals surface area contributed by atoms with Gasteiger partial charge >= 0.3 is 0 Å². The molecule has 1 aliphatic rings. The van der Waals surface area contributed by atoms with Crippen LogP contribution in [0.3, 0.4) is 0 Å². The van der Waals surface area contributed by atoms with Gasteiger partial charge in [-0.15, -0.1) is 0 Å². The molecule has 0 amide bonds. The van der Waals surface area contributed by atoms with E-state index in [0.717, 1.165) is 17.1 Å². The van der Waals surface area contributed by atoms with Gasteiger partial charge in [0.05, 0.1) is 23.9 Å². The average molecular weight is 497 g/mol. The number of nitrogens with zero attached hydrogens (tertiary/aromatic N) is 3. The first-order chi connectivity index (χ1) is 17.3. The van der Waals surface area contributed by atoms with Gasteiger partial charge in [-0.05, 0) is 106 Å². The quantitative estimate of drug-likeness (QED) is 0.299. The van der Waals surface area contributed by atoms with Crippen LogP contribution >= 0.6 is 12.2 Å². The summed E-state index contributed by atoms with van der Waals surface area (Å²) in [4.78, 5) is 6.92. The topological polar surface area (TPSA) is 42.3 Å². The van der Waals surface area contributed by atoms with Crippen molar-refractivity contribution in [1.82, 2.24) is 14.9 Å². The largest absolute Gasteiger partial charge is 0.491 e. The summed E-state index contributed by atoms with van der Waals surface area (Å²) >= 11 is 5.93. The van der Waals surface area contributed by atoms with E-state index in [-0.39, 0.29) is 18.2 Å². The third-order valence-corrected chi connectivity index (χ3v) is 7.04. The molecule has 1 saturated heterocycles. The minimum absolute atomic E-state index is 0.0618. The average Bonchev–Trinajstić information content (AvgIpc) is 3.35. The minimum atomic E-state index is -0.0869. The van der Waals surface area contributed by atoms with E-state index in [0.29, 0.717) is 5.11 Å².